The zero-order valence-electron chi connectivity index (χ0n) is 45.2. The third-order valence-electron chi connectivity index (χ3n) is 11.0. The predicted molar refractivity (Wildman–Crippen MR) is 306 cm³/mol. The fourth-order valence-corrected chi connectivity index (χ4v) is 6.92. The van der Waals surface area contributed by atoms with Gasteiger partial charge in [-0.15, -0.1) is 0 Å². The minimum Gasteiger partial charge on any atom is -0.462 e. The second-order valence-electron chi connectivity index (χ2n) is 17.7. The van der Waals surface area contributed by atoms with Crippen molar-refractivity contribution in [1.29, 1.82) is 0 Å². The molecule has 0 N–H and O–H groups in total. The van der Waals surface area contributed by atoms with Gasteiger partial charge in [0, 0.05) is 12.8 Å². The Kier molecular flexibility index (Phi) is 53.6. The smallest absolute Gasteiger partial charge is 0.309 e. The van der Waals surface area contributed by atoms with Gasteiger partial charge in [-0.1, -0.05) is 237 Å². The van der Waals surface area contributed by atoms with E-state index in [9.17, 15) is 14.4 Å². The summed E-state index contributed by atoms with van der Waals surface area (Å²) in [4.78, 5) is 38.0. The van der Waals surface area contributed by atoms with Crippen LogP contribution < -0.4 is 0 Å². The summed E-state index contributed by atoms with van der Waals surface area (Å²) in [6.07, 6.45) is 84.1. The molecular formula is C65H100O6. The van der Waals surface area contributed by atoms with Gasteiger partial charge in [-0.2, -0.15) is 0 Å². The molecule has 0 aromatic heterocycles. The number of hydrogen-bond acceptors (Lipinski definition) is 6. The molecule has 1 atom stereocenters. The van der Waals surface area contributed by atoms with Gasteiger partial charge in [-0.05, 0) is 116 Å². The van der Waals surface area contributed by atoms with Gasteiger partial charge in [0.05, 0.1) is 6.42 Å². The monoisotopic (exact) mass is 977 g/mol. The first-order valence-corrected chi connectivity index (χ1v) is 28.0. The Morgan fingerprint density at radius 3 is 1.04 bits per heavy atom. The van der Waals surface area contributed by atoms with Crippen LogP contribution in [0.5, 0.6) is 0 Å². The molecule has 0 fully saturated rings. The quantitative estimate of drug-likeness (QED) is 0.0262. The van der Waals surface area contributed by atoms with Crippen LogP contribution in [0.15, 0.2) is 158 Å². The van der Waals surface area contributed by atoms with Gasteiger partial charge in [-0.3, -0.25) is 14.4 Å². The average Bonchev–Trinajstić information content (AvgIpc) is 3.37. The lowest BCUT2D eigenvalue weighted by Crippen LogP contribution is -2.30. The summed E-state index contributed by atoms with van der Waals surface area (Å²) in [7, 11) is 0. The summed E-state index contributed by atoms with van der Waals surface area (Å²) in [5, 5.41) is 0. The third-order valence-corrected chi connectivity index (χ3v) is 11.0. The number of allylic oxidation sites excluding steroid dienone is 25. The molecule has 0 bridgehead atoms. The summed E-state index contributed by atoms with van der Waals surface area (Å²) in [6.45, 7) is 6.21. The standard InChI is InChI=1S/C65H100O6/c1-4-7-10-13-16-19-22-25-28-30-32-34-37-40-43-46-49-52-55-58-64(67)70-61-62(60-69-63(66)57-54-51-48-45-42-39-36-27-24-21-18-15-12-9-6-3)71-65(68)59-56-53-50-47-44-41-38-35-33-31-29-26-23-20-17-14-11-8-5-2/h7,9-10,12,16-21,25-29,32,34,36,40,42-43,45,49,51-52,54,62H,4-6,8,11,13-15,22-24,30-31,33,35,37-39,41,44,46-48,50,53,55-61H2,1-3H3/b10-7-,12-9-,19-16-,20-17-,21-18-,28-25-,29-26-,34-32-,36-27-,43-40-,45-42-,52-49-,54-51-. The highest BCUT2D eigenvalue weighted by atomic mass is 16.6. The molecule has 0 amide bonds. The number of ether oxygens (including phenoxy) is 3. The van der Waals surface area contributed by atoms with Crippen LogP contribution in [-0.2, 0) is 28.6 Å². The lowest BCUT2D eigenvalue weighted by Gasteiger charge is -2.18. The number of unbranched alkanes of at least 4 members (excludes halogenated alkanes) is 12. The van der Waals surface area contributed by atoms with Crippen molar-refractivity contribution in [3.63, 3.8) is 0 Å². The normalized spacial score (nSPS) is 13.3. The van der Waals surface area contributed by atoms with Crippen LogP contribution in [0.2, 0.25) is 0 Å². The van der Waals surface area contributed by atoms with Crippen LogP contribution in [0.25, 0.3) is 0 Å². The van der Waals surface area contributed by atoms with E-state index in [1.54, 1.807) is 6.08 Å². The van der Waals surface area contributed by atoms with Crippen LogP contribution in [0.3, 0.4) is 0 Å². The third kappa shape index (κ3) is 55.8. The highest BCUT2D eigenvalue weighted by Gasteiger charge is 2.19. The molecule has 0 saturated heterocycles. The number of rotatable bonds is 48. The molecule has 0 rings (SSSR count). The Bertz CT molecular complexity index is 1640. The first-order chi connectivity index (χ1) is 35.0. The molecule has 0 aromatic rings. The first-order valence-electron chi connectivity index (χ1n) is 28.0. The Morgan fingerprint density at radius 2 is 0.634 bits per heavy atom. The number of hydrogen-bond donors (Lipinski definition) is 0. The maximum atomic E-state index is 12.9. The van der Waals surface area contributed by atoms with Crippen LogP contribution in [0.4, 0.5) is 0 Å². The number of esters is 3. The molecule has 0 aromatic carbocycles. The van der Waals surface area contributed by atoms with E-state index in [2.05, 4.69) is 154 Å². The SMILES string of the molecule is CC/C=C\C/C=C\C/C=C\C/C=C\C/C=C\C/C=C\CCC(=O)OCC(COC(=O)C/C=C\C/C=C\C/C=C\C/C=C\C/C=C\CC)OC(=O)CCCCCCCCCCC/C=C\C/C=C\CCCCC. The Balaban J connectivity index is 4.63. The van der Waals surface area contributed by atoms with Gasteiger partial charge < -0.3 is 14.2 Å². The summed E-state index contributed by atoms with van der Waals surface area (Å²) in [5.74, 6) is -1.18. The first kappa shape index (κ1) is 66.0. The van der Waals surface area contributed by atoms with E-state index in [0.717, 1.165) is 96.3 Å². The van der Waals surface area contributed by atoms with E-state index >= 15 is 0 Å². The molecule has 0 aliphatic rings. The lowest BCUT2D eigenvalue weighted by atomic mass is 10.1. The minimum absolute atomic E-state index is 0.106. The van der Waals surface area contributed by atoms with Crippen LogP contribution >= 0.6 is 0 Å². The molecule has 0 radical (unpaired) electrons. The van der Waals surface area contributed by atoms with Crippen LogP contribution in [0.1, 0.15) is 213 Å². The van der Waals surface area contributed by atoms with Gasteiger partial charge in [0.2, 0.25) is 0 Å². The van der Waals surface area contributed by atoms with E-state index in [0.29, 0.717) is 6.42 Å². The predicted octanol–water partition coefficient (Wildman–Crippen LogP) is 19.0. The van der Waals surface area contributed by atoms with Crippen molar-refractivity contribution in [1.82, 2.24) is 0 Å². The highest BCUT2D eigenvalue weighted by molar-refractivity contribution is 5.72. The van der Waals surface area contributed by atoms with Gasteiger partial charge in [0.1, 0.15) is 13.2 Å². The summed E-state index contributed by atoms with van der Waals surface area (Å²) >= 11 is 0. The van der Waals surface area contributed by atoms with Crippen LogP contribution in [0, 0.1) is 0 Å². The van der Waals surface area contributed by atoms with Crippen molar-refractivity contribution in [2.45, 2.75) is 219 Å². The molecule has 0 aliphatic carbocycles. The fraction of sp³-hybridized carbons (Fsp3) is 0.554. The number of carbonyl (C=O) groups excluding carboxylic acids is 3. The average molecular weight is 978 g/mol. The molecule has 396 valence electrons. The molecule has 0 saturated carbocycles. The van der Waals surface area contributed by atoms with Crippen molar-refractivity contribution >= 4 is 17.9 Å². The van der Waals surface area contributed by atoms with Gasteiger partial charge in [0.15, 0.2) is 6.10 Å². The summed E-state index contributed by atoms with van der Waals surface area (Å²) in [6, 6.07) is 0. The second kappa shape index (κ2) is 57.6. The van der Waals surface area contributed by atoms with E-state index in [1.807, 2.05) is 18.2 Å². The Hall–Kier alpha value is -4.97. The zero-order chi connectivity index (χ0) is 51.4. The van der Waals surface area contributed by atoms with E-state index < -0.39 is 12.1 Å². The van der Waals surface area contributed by atoms with Gasteiger partial charge in [0.25, 0.3) is 0 Å². The molecule has 6 nitrogen and oxygen atoms in total. The molecule has 1 unspecified atom stereocenters. The van der Waals surface area contributed by atoms with Crippen molar-refractivity contribution < 1.29 is 28.6 Å². The molecule has 71 heavy (non-hydrogen) atoms. The second-order valence-corrected chi connectivity index (χ2v) is 17.7. The Morgan fingerprint density at radius 1 is 0.310 bits per heavy atom. The Labute approximate surface area is 435 Å². The molecular weight excluding hydrogens is 877 g/mol. The molecule has 0 aliphatic heterocycles. The van der Waals surface area contributed by atoms with Crippen molar-refractivity contribution in [3.8, 4) is 0 Å². The topological polar surface area (TPSA) is 78.9 Å². The summed E-state index contributed by atoms with van der Waals surface area (Å²) in [5.41, 5.74) is 0. The number of carbonyl (C=O) groups is 3. The zero-order valence-corrected chi connectivity index (χ0v) is 45.2. The van der Waals surface area contributed by atoms with Crippen molar-refractivity contribution in [3.05, 3.63) is 158 Å². The molecule has 6 heteroatoms. The van der Waals surface area contributed by atoms with E-state index in [1.165, 1.54) is 70.6 Å². The van der Waals surface area contributed by atoms with Crippen molar-refractivity contribution in [2.75, 3.05) is 13.2 Å². The van der Waals surface area contributed by atoms with E-state index in [-0.39, 0.29) is 44.4 Å². The maximum Gasteiger partial charge on any atom is 0.309 e. The maximum absolute atomic E-state index is 12.9. The van der Waals surface area contributed by atoms with Gasteiger partial charge in [-0.25, -0.2) is 0 Å². The van der Waals surface area contributed by atoms with Crippen LogP contribution in [-0.4, -0.2) is 37.2 Å². The van der Waals surface area contributed by atoms with E-state index in [4.69, 9.17) is 14.2 Å². The largest absolute Gasteiger partial charge is 0.462 e. The molecule has 0 spiro atoms. The highest BCUT2D eigenvalue weighted by Crippen LogP contribution is 2.13. The lowest BCUT2D eigenvalue weighted by molar-refractivity contribution is -0.166. The summed E-state index contributed by atoms with van der Waals surface area (Å²) < 4.78 is 16.7. The minimum atomic E-state index is -0.859. The van der Waals surface area contributed by atoms with Gasteiger partial charge >= 0.3 is 17.9 Å². The fourth-order valence-electron chi connectivity index (χ4n) is 6.92. The van der Waals surface area contributed by atoms with Crippen molar-refractivity contribution in [2.24, 2.45) is 0 Å². The molecule has 0 heterocycles.